The van der Waals surface area contributed by atoms with Gasteiger partial charge < -0.3 is 14.5 Å². The van der Waals surface area contributed by atoms with Crippen LogP contribution < -0.4 is 20.7 Å². The van der Waals surface area contributed by atoms with Gasteiger partial charge in [-0.25, -0.2) is 9.78 Å². The number of aromatic nitrogens is 4. The first-order chi connectivity index (χ1) is 11.0. The van der Waals surface area contributed by atoms with E-state index in [1.807, 2.05) is 6.92 Å². The van der Waals surface area contributed by atoms with Crippen molar-refractivity contribution >= 4 is 11.2 Å². The summed E-state index contributed by atoms with van der Waals surface area (Å²) >= 11 is 0. The molecule has 3 rings (SSSR count). The van der Waals surface area contributed by atoms with Gasteiger partial charge in [0.25, 0.3) is 5.56 Å². The van der Waals surface area contributed by atoms with E-state index in [1.165, 1.54) is 4.57 Å². The van der Waals surface area contributed by atoms with Crippen molar-refractivity contribution in [3.05, 3.63) is 39.0 Å². The van der Waals surface area contributed by atoms with Gasteiger partial charge in [0.15, 0.2) is 17.1 Å². The molecule has 3 aromatic rings. The van der Waals surface area contributed by atoms with Crippen LogP contribution >= 0.6 is 0 Å². The first-order valence-corrected chi connectivity index (χ1v) is 7.05. The summed E-state index contributed by atoms with van der Waals surface area (Å²) in [5.74, 6) is 1.66. The second-order valence-electron chi connectivity index (χ2n) is 4.90. The molecular weight excluding hydrogens is 300 g/mol. The summed E-state index contributed by atoms with van der Waals surface area (Å²) in [6.45, 7) is 2.37. The Morgan fingerprint density at radius 3 is 2.70 bits per heavy atom. The zero-order chi connectivity index (χ0) is 16.6. The number of aryl methyl sites for hydroxylation is 1. The lowest BCUT2D eigenvalue weighted by molar-refractivity contribution is 0.311. The highest BCUT2D eigenvalue weighted by Crippen LogP contribution is 2.31. The molecule has 2 aromatic heterocycles. The van der Waals surface area contributed by atoms with Crippen molar-refractivity contribution in [1.82, 2.24) is 19.5 Å². The molecule has 2 N–H and O–H groups in total. The molecule has 0 aliphatic rings. The molecule has 0 aliphatic carbocycles. The summed E-state index contributed by atoms with van der Waals surface area (Å²) in [6, 6.07) is 5.33. The Morgan fingerprint density at radius 2 is 2.00 bits per heavy atom. The number of aromatic amines is 2. The number of hydrogen-bond acceptors (Lipinski definition) is 5. The van der Waals surface area contributed by atoms with Crippen molar-refractivity contribution in [2.24, 2.45) is 7.05 Å². The van der Waals surface area contributed by atoms with Crippen molar-refractivity contribution in [1.29, 1.82) is 0 Å². The number of benzene rings is 1. The number of nitrogens with one attached hydrogen (secondary N) is 2. The van der Waals surface area contributed by atoms with Crippen LogP contribution in [0.4, 0.5) is 0 Å². The van der Waals surface area contributed by atoms with E-state index in [0.717, 1.165) is 5.56 Å². The smallest absolute Gasteiger partial charge is 0.329 e. The standard InChI is InChI=1S/C15H16N4O4/c1-4-23-10-7-8(5-6-9(10)22-3)12-16-11-13(17-12)19(2)15(21)18-14(11)20/h5-7H,4H2,1-3H3,(H,16,17)(H,18,20,21). The zero-order valence-corrected chi connectivity index (χ0v) is 13.0. The molecule has 0 saturated carbocycles. The number of rotatable bonds is 4. The Kier molecular flexibility index (Phi) is 3.65. The summed E-state index contributed by atoms with van der Waals surface area (Å²) in [5.41, 5.74) is 0.251. The van der Waals surface area contributed by atoms with E-state index in [4.69, 9.17) is 9.47 Å². The number of imidazole rings is 1. The van der Waals surface area contributed by atoms with E-state index in [0.29, 0.717) is 29.6 Å². The van der Waals surface area contributed by atoms with Gasteiger partial charge >= 0.3 is 5.69 Å². The average Bonchev–Trinajstić information content (AvgIpc) is 2.99. The number of ether oxygens (including phenoxy) is 2. The van der Waals surface area contributed by atoms with Crippen LogP contribution in [0, 0.1) is 0 Å². The SMILES string of the molecule is CCOc1cc(-c2nc3c([nH]2)c(=O)[nH]c(=O)n3C)ccc1OC. The maximum absolute atomic E-state index is 11.9. The molecule has 0 radical (unpaired) electrons. The van der Waals surface area contributed by atoms with E-state index < -0.39 is 11.2 Å². The zero-order valence-electron chi connectivity index (χ0n) is 13.0. The van der Waals surface area contributed by atoms with Crippen LogP contribution in [0.15, 0.2) is 27.8 Å². The van der Waals surface area contributed by atoms with Crippen molar-refractivity contribution in [2.75, 3.05) is 13.7 Å². The lowest BCUT2D eigenvalue weighted by atomic mass is 10.2. The molecule has 2 heterocycles. The molecule has 8 nitrogen and oxygen atoms in total. The van der Waals surface area contributed by atoms with Gasteiger partial charge in [-0.1, -0.05) is 0 Å². The van der Waals surface area contributed by atoms with Crippen molar-refractivity contribution in [3.8, 4) is 22.9 Å². The second-order valence-corrected chi connectivity index (χ2v) is 4.90. The van der Waals surface area contributed by atoms with Gasteiger partial charge in [0.2, 0.25) is 0 Å². The van der Waals surface area contributed by atoms with Gasteiger partial charge in [0, 0.05) is 12.6 Å². The molecule has 0 spiro atoms. The van der Waals surface area contributed by atoms with Crippen LogP contribution in [-0.2, 0) is 7.05 Å². The molecule has 120 valence electrons. The van der Waals surface area contributed by atoms with E-state index in [9.17, 15) is 9.59 Å². The Morgan fingerprint density at radius 1 is 1.22 bits per heavy atom. The maximum Gasteiger partial charge on any atom is 0.329 e. The first kappa shape index (κ1) is 14.9. The van der Waals surface area contributed by atoms with E-state index >= 15 is 0 Å². The number of fused-ring (bicyclic) bond motifs is 1. The van der Waals surface area contributed by atoms with Gasteiger partial charge in [0.05, 0.1) is 13.7 Å². The molecular formula is C15H16N4O4. The van der Waals surface area contributed by atoms with Gasteiger partial charge in [-0.3, -0.25) is 14.3 Å². The minimum atomic E-state index is -0.509. The minimum Gasteiger partial charge on any atom is -0.493 e. The van der Waals surface area contributed by atoms with Gasteiger partial charge in [-0.05, 0) is 25.1 Å². The Bertz CT molecular complexity index is 983. The fourth-order valence-electron chi connectivity index (χ4n) is 2.33. The van der Waals surface area contributed by atoms with Gasteiger partial charge in [0.1, 0.15) is 11.3 Å². The van der Waals surface area contributed by atoms with Crippen LogP contribution in [0.5, 0.6) is 11.5 Å². The summed E-state index contributed by atoms with van der Waals surface area (Å²) in [4.78, 5) is 33.0. The van der Waals surface area contributed by atoms with E-state index in [-0.39, 0.29) is 5.52 Å². The molecule has 0 bridgehead atoms. The number of H-pyrrole nitrogens is 2. The van der Waals surface area contributed by atoms with Crippen LogP contribution in [0.25, 0.3) is 22.6 Å². The highest BCUT2D eigenvalue weighted by molar-refractivity contribution is 5.76. The van der Waals surface area contributed by atoms with Gasteiger partial charge in [-0.2, -0.15) is 0 Å². The van der Waals surface area contributed by atoms with Crippen molar-refractivity contribution in [3.63, 3.8) is 0 Å². The Balaban J connectivity index is 2.19. The summed E-state index contributed by atoms with van der Waals surface area (Å²) in [7, 11) is 3.11. The largest absolute Gasteiger partial charge is 0.493 e. The molecule has 0 fully saturated rings. The minimum absolute atomic E-state index is 0.246. The van der Waals surface area contributed by atoms with Crippen LogP contribution in [0.2, 0.25) is 0 Å². The highest BCUT2D eigenvalue weighted by Gasteiger charge is 2.14. The van der Waals surface area contributed by atoms with Crippen LogP contribution in [0.1, 0.15) is 6.92 Å². The molecule has 8 heteroatoms. The number of hydrogen-bond donors (Lipinski definition) is 2. The fraction of sp³-hybridized carbons (Fsp3) is 0.267. The molecule has 0 unspecified atom stereocenters. The van der Waals surface area contributed by atoms with Crippen LogP contribution in [-0.4, -0.2) is 33.2 Å². The molecule has 0 amide bonds. The third-order valence-electron chi connectivity index (χ3n) is 3.49. The van der Waals surface area contributed by atoms with Crippen molar-refractivity contribution < 1.29 is 9.47 Å². The third kappa shape index (κ3) is 2.48. The van der Waals surface area contributed by atoms with Gasteiger partial charge in [-0.15, -0.1) is 0 Å². The predicted molar refractivity (Wildman–Crippen MR) is 85.1 cm³/mol. The van der Waals surface area contributed by atoms with Crippen LogP contribution in [0.3, 0.4) is 0 Å². The number of nitrogens with zero attached hydrogens (tertiary/aromatic N) is 2. The summed E-state index contributed by atoms with van der Waals surface area (Å²) in [6.07, 6.45) is 0. The highest BCUT2D eigenvalue weighted by atomic mass is 16.5. The summed E-state index contributed by atoms with van der Waals surface area (Å²) < 4.78 is 12.1. The van der Waals surface area contributed by atoms with Crippen molar-refractivity contribution in [2.45, 2.75) is 6.92 Å². The molecule has 1 aromatic carbocycles. The lowest BCUT2D eigenvalue weighted by Crippen LogP contribution is -2.28. The molecule has 0 saturated heterocycles. The third-order valence-corrected chi connectivity index (χ3v) is 3.49. The molecule has 23 heavy (non-hydrogen) atoms. The molecule has 0 aliphatic heterocycles. The summed E-state index contributed by atoms with van der Waals surface area (Å²) in [5, 5.41) is 0. The fourth-order valence-corrected chi connectivity index (χ4v) is 2.33. The Hall–Kier alpha value is -3.03. The lowest BCUT2D eigenvalue weighted by Gasteiger charge is -2.10. The maximum atomic E-state index is 11.9. The predicted octanol–water partition coefficient (Wildman–Crippen LogP) is 1.02. The quantitative estimate of drug-likeness (QED) is 0.748. The molecule has 0 atom stereocenters. The Labute approximate surface area is 130 Å². The second kappa shape index (κ2) is 5.64. The first-order valence-electron chi connectivity index (χ1n) is 7.05. The average molecular weight is 316 g/mol. The normalized spacial score (nSPS) is 10.9. The van der Waals surface area contributed by atoms with E-state index in [1.54, 1.807) is 32.4 Å². The number of methoxy groups -OCH3 is 1. The topological polar surface area (TPSA) is 102 Å². The monoisotopic (exact) mass is 316 g/mol. The van der Waals surface area contributed by atoms with E-state index in [2.05, 4.69) is 15.0 Å².